The summed E-state index contributed by atoms with van der Waals surface area (Å²) in [7, 11) is 0. The number of aromatic nitrogens is 3. The molecule has 2 saturated heterocycles. The summed E-state index contributed by atoms with van der Waals surface area (Å²) in [6, 6.07) is 5.52. The van der Waals surface area contributed by atoms with Crippen LogP contribution in [-0.4, -0.2) is 60.3 Å². The molecule has 2 aromatic rings. The Morgan fingerprint density at radius 1 is 1.15 bits per heavy atom. The van der Waals surface area contributed by atoms with Crippen LogP contribution in [-0.2, 0) is 4.74 Å². The third-order valence-electron chi connectivity index (χ3n) is 4.98. The Balaban J connectivity index is 1.46. The fraction of sp³-hybridized carbons (Fsp3) is 0.444. The van der Waals surface area contributed by atoms with E-state index >= 15 is 0 Å². The Kier molecular flexibility index (Phi) is 4.66. The molecule has 2 aromatic heterocycles. The fourth-order valence-electron chi connectivity index (χ4n) is 3.51. The number of rotatable bonds is 4. The molecule has 2 fully saturated rings. The molecule has 26 heavy (non-hydrogen) atoms. The van der Waals surface area contributed by atoms with Gasteiger partial charge in [0.1, 0.15) is 18.0 Å². The number of ether oxygens (including phenoxy) is 1. The van der Waals surface area contributed by atoms with E-state index in [1.165, 1.54) is 0 Å². The summed E-state index contributed by atoms with van der Waals surface area (Å²) in [5, 5.41) is 0. The van der Waals surface area contributed by atoms with Gasteiger partial charge in [-0.2, -0.15) is 0 Å². The molecular formula is C18H22N6O2. The van der Waals surface area contributed by atoms with Crippen LogP contribution < -0.4 is 15.5 Å². The maximum Gasteiger partial charge on any atom is 0.252 e. The van der Waals surface area contributed by atoms with Crippen LogP contribution in [0.5, 0.6) is 0 Å². The van der Waals surface area contributed by atoms with Gasteiger partial charge >= 0.3 is 0 Å². The highest BCUT2D eigenvalue weighted by atomic mass is 16.5. The Morgan fingerprint density at radius 2 is 1.96 bits per heavy atom. The van der Waals surface area contributed by atoms with Crippen LogP contribution in [0, 0.1) is 0 Å². The van der Waals surface area contributed by atoms with Crippen LogP contribution in [0.25, 0.3) is 0 Å². The van der Waals surface area contributed by atoms with Crippen molar-refractivity contribution in [2.45, 2.75) is 12.3 Å². The normalized spacial score (nSPS) is 20.4. The number of carbonyl (C=O) groups excluding carboxylic acids is 1. The van der Waals surface area contributed by atoms with Crippen molar-refractivity contribution in [3.05, 3.63) is 42.0 Å². The van der Waals surface area contributed by atoms with Crippen molar-refractivity contribution in [1.82, 2.24) is 15.0 Å². The van der Waals surface area contributed by atoms with Crippen LogP contribution in [0.1, 0.15) is 28.4 Å². The van der Waals surface area contributed by atoms with Gasteiger partial charge in [-0.15, -0.1) is 0 Å². The molecule has 1 amide bonds. The van der Waals surface area contributed by atoms with Gasteiger partial charge in [0.15, 0.2) is 0 Å². The van der Waals surface area contributed by atoms with E-state index in [1.807, 2.05) is 0 Å². The van der Waals surface area contributed by atoms with E-state index in [0.29, 0.717) is 17.3 Å². The summed E-state index contributed by atoms with van der Waals surface area (Å²) in [6.45, 7) is 4.64. The van der Waals surface area contributed by atoms with Crippen LogP contribution in [0.3, 0.4) is 0 Å². The minimum atomic E-state index is -0.449. The largest absolute Gasteiger partial charge is 0.381 e. The molecule has 0 saturated carbocycles. The Morgan fingerprint density at radius 3 is 2.69 bits per heavy atom. The number of pyridine rings is 1. The first-order valence-electron chi connectivity index (χ1n) is 8.87. The number of nitrogens with zero attached hydrogens (tertiary/aromatic N) is 5. The molecule has 2 N–H and O–H groups in total. The smallest absolute Gasteiger partial charge is 0.252 e. The van der Waals surface area contributed by atoms with E-state index in [2.05, 4.69) is 30.8 Å². The van der Waals surface area contributed by atoms with Crippen LogP contribution in [0.2, 0.25) is 0 Å². The van der Waals surface area contributed by atoms with E-state index in [1.54, 1.807) is 24.7 Å². The first-order chi connectivity index (χ1) is 12.7. The highest BCUT2D eigenvalue weighted by Crippen LogP contribution is 2.26. The SMILES string of the molecule is NC(=O)c1cccnc1N1CCN(c2cc([C@H]3CCOC3)ncn2)CC1. The summed E-state index contributed by atoms with van der Waals surface area (Å²) in [5.74, 6) is 1.52. The van der Waals surface area contributed by atoms with Crippen LogP contribution in [0.15, 0.2) is 30.7 Å². The average molecular weight is 354 g/mol. The Bertz CT molecular complexity index is 785. The molecule has 0 unspecified atom stereocenters. The zero-order valence-corrected chi connectivity index (χ0v) is 14.5. The standard InChI is InChI=1S/C18H22N6O2/c19-17(25)14-2-1-4-20-18(14)24-7-5-23(6-8-24)16-10-15(21-12-22-16)13-3-9-26-11-13/h1-2,4,10,12-13H,3,5-9,11H2,(H2,19,25)/t13-/m0/s1. The maximum atomic E-state index is 11.6. The van der Waals surface area contributed by atoms with Crippen LogP contribution in [0.4, 0.5) is 11.6 Å². The topological polar surface area (TPSA) is 97.5 Å². The fourth-order valence-corrected chi connectivity index (χ4v) is 3.51. The molecule has 0 bridgehead atoms. The molecule has 4 heterocycles. The van der Waals surface area contributed by atoms with E-state index in [0.717, 1.165) is 57.3 Å². The zero-order valence-electron chi connectivity index (χ0n) is 14.5. The molecule has 0 spiro atoms. The van der Waals surface area contributed by atoms with Gasteiger partial charge in [0.05, 0.1) is 17.9 Å². The summed E-state index contributed by atoms with van der Waals surface area (Å²) in [4.78, 5) is 29.2. The number of piperazine rings is 1. The van der Waals surface area contributed by atoms with Gasteiger partial charge in [-0.25, -0.2) is 15.0 Å². The van der Waals surface area contributed by atoms with E-state index in [-0.39, 0.29) is 0 Å². The van der Waals surface area contributed by atoms with E-state index in [4.69, 9.17) is 10.5 Å². The molecule has 0 radical (unpaired) electrons. The first-order valence-corrected chi connectivity index (χ1v) is 8.87. The lowest BCUT2D eigenvalue weighted by Crippen LogP contribution is -2.47. The summed E-state index contributed by atoms with van der Waals surface area (Å²) in [6.07, 6.45) is 4.34. The summed E-state index contributed by atoms with van der Waals surface area (Å²) < 4.78 is 5.47. The number of carbonyl (C=O) groups is 1. The second kappa shape index (κ2) is 7.25. The molecule has 8 nitrogen and oxygen atoms in total. The number of primary amides is 1. The maximum absolute atomic E-state index is 11.6. The van der Waals surface area contributed by atoms with Crippen molar-refractivity contribution in [3.8, 4) is 0 Å². The van der Waals surface area contributed by atoms with Crippen molar-refractivity contribution in [2.24, 2.45) is 5.73 Å². The lowest BCUT2D eigenvalue weighted by molar-refractivity contribution is 0.100. The molecule has 4 rings (SSSR count). The molecular weight excluding hydrogens is 332 g/mol. The number of amides is 1. The van der Waals surface area contributed by atoms with Crippen molar-refractivity contribution in [3.63, 3.8) is 0 Å². The van der Waals surface area contributed by atoms with Gasteiger partial charge in [-0.05, 0) is 18.6 Å². The van der Waals surface area contributed by atoms with Gasteiger partial charge in [0.25, 0.3) is 5.91 Å². The van der Waals surface area contributed by atoms with Gasteiger partial charge in [0.2, 0.25) is 0 Å². The molecule has 1 atom stereocenters. The number of nitrogens with two attached hydrogens (primary N) is 1. The minimum absolute atomic E-state index is 0.365. The summed E-state index contributed by atoms with van der Waals surface area (Å²) >= 11 is 0. The number of anilines is 2. The number of hydrogen-bond acceptors (Lipinski definition) is 7. The lowest BCUT2D eigenvalue weighted by atomic mass is 10.0. The monoisotopic (exact) mass is 354 g/mol. The average Bonchev–Trinajstić information content (AvgIpc) is 3.23. The molecule has 0 aliphatic carbocycles. The third-order valence-corrected chi connectivity index (χ3v) is 4.98. The van der Waals surface area contributed by atoms with Crippen molar-refractivity contribution in [1.29, 1.82) is 0 Å². The predicted molar refractivity (Wildman–Crippen MR) is 97.4 cm³/mol. The van der Waals surface area contributed by atoms with Crippen molar-refractivity contribution < 1.29 is 9.53 Å². The quantitative estimate of drug-likeness (QED) is 0.867. The minimum Gasteiger partial charge on any atom is -0.381 e. The van der Waals surface area contributed by atoms with Crippen molar-refractivity contribution in [2.75, 3.05) is 49.2 Å². The summed E-state index contributed by atoms with van der Waals surface area (Å²) in [5.41, 5.74) is 6.99. The Labute approximate surface area is 152 Å². The molecule has 2 aliphatic rings. The first kappa shape index (κ1) is 16.7. The Hall–Kier alpha value is -2.74. The van der Waals surface area contributed by atoms with Crippen LogP contribution >= 0.6 is 0 Å². The predicted octanol–water partition coefficient (Wildman–Crippen LogP) is 0.801. The second-order valence-corrected chi connectivity index (χ2v) is 6.57. The second-order valence-electron chi connectivity index (χ2n) is 6.57. The van der Waals surface area contributed by atoms with E-state index < -0.39 is 5.91 Å². The van der Waals surface area contributed by atoms with Gasteiger partial charge in [-0.1, -0.05) is 0 Å². The van der Waals surface area contributed by atoms with Gasteiger partial charge in [-0.3, -0.25) is 4.79 Å². The third kappa shape index (κ3) is 3.32. The van der Waals surface area contributed by atoms with E-state index in [9.17, 15) is 4.79 Å². The lowest BCUT2D eigenvalue weighted by Gasteiger charge is -2.36. The molecule has 2 aliphatic heterocycles. The molecule has 136 valence electrons. The zero-order chi connectivity index (χ0) is 17.9. The molecule has 8 heteroatoms. The highest BCUT2D eigenvalue weighted by molar-refractivity contribution is 5.97. The van der Waals surface area contributed by atoms with Crippen molar-refractivity contribution >= 4 is 17.5 Å². The van der Waals surface area contributed by atoms with Gasteiger partial charge in [0, 0.05) is 51.0 Å². The highest BCUT2D eigenvalue weighted by Gasteiger charge is 2.24. The molecule has 0 aromatic carbocycles. The number of hydrogen-bond donors (Lipinski definition) is 1. The van der Waals surface area contributed by atoms with Gasteiger partial charge < -0.3 is 20.3 Å².